The van der Waals surface area contributed by atoms with Crippen molar-refractivity contribution >= 4 is 35.1 Å². The van der Waals surface area contributed by atoms with E-state index in [1.165, 1.54) is 0 Å². The largest absolute Gasteiger partial charge is 0.463 e. The van der Waals surface area contributed by atoms with E-state index in [4.69, 9.17) is 32.7 Å². The summed E-state index contributed by atoms with van der Waals surface area (Å²) >= 11 is 10.9. The molecule has 0 saturated heterocycles. The molecule has 122 valence electrons. The van der Waals surface area contributed by atoms with E-state index < -0.39 is 10.8 Å². The Bertz CT molecular complexity index is 489. The average Bonchev–Trinajstić information content (AvgIpc) is 2.47. The summed E-state index contributed by atoms with van der Waals surface area (Å²) in [6.07, 6.45) is 2.48. The van der Waals surface area contributed by atoms with Crippen molar-refractivity contribution < 1.29 is 19.1 Å². The molecule has 0 spiro atoms. The maximum Gasteiger partial charge on any atom is 0.311 e. The first-order valence-corrected chi connectivity index (χ1v) is 8.12. The minimum Gasteiger partial charge on any atom is -0.463 e. The molecule has 0 saturated carbocycles. The number of para-hydroxylation sites is 1. The van der Waals surface area contributed by atoms with Crippen molar-refractivity contribution in [3.8, 4) is 5.75 Å². The quantitative estimate of drug-likeness (QED) is 0.384. The van der Waals surface area contributed by atoms with Crippen molar-refractivity contribution in [3.05, 3.63) is 29.8 Å². The molecule has 0 aliphatic heterocycles. The van der Waals surface area contributed by atoms with E-state index in [1.807, 2.05) is 18.2 Å². The van der Waals surface area contributed by atoms with Gasteiger partial charge in [0, 0.05) is 12.8 Å². The lowest BCUT2D eigenvalue weighted by atomic mass is 10.1. The molecule has 0 aliphatic carbocycles. The molecule has 0 amide bonds. The van der Waals surface area contributed by atoms with Crippen molar-refractivity contribution in [3.63, 3.8) is 0 Å². The van der Waals surface area contributed by atoms with Crippen LogP contribution >= 0.6 is 23.2 Å². The molecule has 1 aromatic carbocycles. The molecule has 0 radical (unpaired) electrons. The monoisotopic (exact) mass is 346 g/mol. The van der Waals surface area contributed by atoms with E-state index in [9.17, 15) is 9.59 Å². The molecule has 0 bridgehead atoms. The topological polar surface area (TPSA) is 52.6 Å². The number of hydrogen-bond donors (Lipinski definition) is 0. The molecule has 4 nitrogen and oxygen atoms in total. The number of carbonyl (C=O) groups excluding carboxylic acids is 2. The SMILES string of the molecule is CCCc1ccccc1OC(=O)CCCC(=O)OCC(Cl)Cl. The van der Waals surface area contributed by atoms with E-state index >= 15 is 0 Å². The van der Waals surface area contributed by atoms with Crippen LogP contribution in [0, 0.1) is 0 Å². The summed E-state index contributed by atoms with van der Waals surface area (Å²) in [5.41, 5.74) is 1.01. The molecule has 22 heavy (non-hydrogen) atoms. The fraction of sp³-hybridized carbons (Fsp3) is 0.500. The zero-order valence-electron chi connectivity index (χ0n) is 12.5. The Labute approximate surface area is 140 Å². The third-order valence-electron chi connectivity index (χ3n) is 2.85. The van der Waals surface area contributed by atoms with Crippen LogP contribution in [0.25, 0.3) is 0 Å². The van der Waals surface area contributed by atoms with Gasteiger partial charge in [-0.05, 0) is 24.5 Å². The van der Waals surface area contributed by atoms with Crippen molar-refractivity contribution in [1.29, 1.82) is 0 Å². The van der Waals surface area contributed by atoms with Gasteiger partial charge in [-0.1, -0.05) is 31.5 Å². The molecule has 1 rings (SSSR count). The molecular formula is C16H20Cl2O4. The summed E-state index contributed by atoms with van der Waals surface area (Å²) in [5.74, 6) is -0.196. The smallest absolute Gasteiger partial charge is 0.311 e. The normalized spacial score (nSPS) is 10.5. The van der Waals surface area contributed by atoms with Gasteiger partial charge in [0.25, 0.3) is 0 Å². The van der Waals surface area contributed by atoms with Crippen LogP contribution in [0.4, 0.5) is 0 Å². The highest BCUT2D eigenvalue weighted by Crippen LogP contribution is 2.20. The van der Waals surface area contributed by atoms with Crippen LogP contribution in [0.5, 0.6) is 5.75 Å². The molecule has 0 heterocycles. The van der Waals surface area contributed by atoms with Gasteiger partial charge in [0.05, 0.1) is 0 Å². The zero-order chi connectivity index (χ0) is 16.4. The van der Waals surface area contributed by atoms with Crippen LogP contribution < -0.4 is 4.74 Å². The van der Waals surface area contributed by atoms with E-state index in [0.717, 1.165) is 18.4 Å². The van der Waals surface area contributed by atoms with Crippen molar-refractivity contribution in [2.24, 2.45) is 0 Å². The molecule has 0 atom stereocenters. The van der Waals surface area contributed by atoms with E-state index in [2.05, 4.69) is 6.92 Å². The van der Waals surface area contributed by atoms with Crippen LogP contribution in [-0.2, 0) is 20.7 Å². The predicted octanol–water partition coefficient (Wildman–Crippen LogP) is 4.06. The van der Waals surface area contributed by atoms with Gasteiger partial charge in [0.1, 0.15) is 17.2 Å². The number of benzene rings is 1. The van der Waals surface area contributed by atoms with Crippen molar-refractivity contribution in [2.45, 2.75) is 43.9 Å². The van der Waals surface area contributed by atoms with Gasteiger partial charge in [-0.15, -0.1) is 23.2 Å². The number of rotatable bonds is 9. The molecule has 0 aliphatic rings. The highest BCUT2D eigenvalue weighted by atomic mass is 35.5. The summed E-state index contributed by atoms with van der Waals surface area (Å²) in [6.45, 7) is 2.02. The van der Waals surface area contributed by atoms with Crippen LogP contribution in [0.3, 0.4) is 0 Å². The van der Waals surface area contributed by atoms with E-state index in [-0.39, 0.29) is 25.4 Å². The number of halogens is 2. The van der Waals surface area contributed by atoms with Gasteiger partial charge in [0.2, 0.25) is 0 Å². The van der Waals surface area contributed by atoms with Crippen LogP contribution in [0.15, 0.2) is 24.3 Å². The maximum atomic E-state index is 11.8. The number of hydrogen-bond acceptors (Lipinski definition) is 4. The highest BCUT2D eigenvalue weighted by Gasteiger charge is 2.11. The Morgan fingerprint density at radius 1 is 1.14 bits per heavy atom. The van der Waals surface area contributed by atoms with Crippen LogP contribution in [0.2, 0.25) is 0 Å². The second kappa shape index (κ2) is 10.5. The Kier molecular flexibility index (Phi) is 8.94. The first kappa shape index (κ1) is 18.8. The first-order valence-electron chi connectivity index (χ1n) is 7.25. The molecule has 0 aromatic heterocycles. The number of carbonyl (C=O) groups is 2. The third kappa shape index (κ3) is 7.66. The Morgan fingerprint density at radius 3 is 2.50 bits per heavy atom. The predicted molar refractivity (Wildman–Crippen MR) is 86.4 cm³/mol. The van der Waals surface area contributed by atoms with E-state index in [0.29, 0.717) is 12.2 Å². The standard InChI is InChI=1S/C16H20Cl2O4/c1-2-6-12-7-3-4-8-13(12)22-16(20)10-5-9-15(19)21-11-14(17)18/h3-4,7-8,14H,2,5-6,9-11H2,1H3. The lowest BCUT2D eigenvalue weighted by molar-refractivity contribution is -0.143. The third-order valence-corrected chi connectivity index (χ3v) is 3.10. The molecule has 0 fully saturated rings. The number of alkyl halides is 2. The minimum atomic E-state index is -0.732. The lowest BCUT2D eigenvalue weighted by Gasteiger charge is -2.09. The summed E-state index contributed by atoms with van der Waals surface area (Å²) in [4.78, 5) is 22.4. The van der Waals surface area contributed by atoms with Gasteiger partial charge in [0.15, 0.2) is 0 Å². The fourth-order valence-corrected chi connectivity index (χ4v) is 1.98. The summed E-state index contributed by atoms with van der Waals surface area (Å²) in [6, 6.07) is 7.46. The van der Waals surface area contributed by atoms with Crippen LogP contribution in [-0.4, -0.2) is 23.4 Å². The summed E-state index contributed by atoms with van der Waals surface area (Å²) in [7, 11) is 0. The maximum absolute atomic E-state index is 11.8. The molecule has 6 heteroatoms. The molecule has 0 N–H and O–H groups in total. The Morgan fingerprint density at radius 2 is 1.82 bits per heavy atom. The number of aryl methyl sites for hydroxylation is 1. The average molecular weight is 347 g/mol. The first-order chi connectivity index (χ1) is 10.5. The second-order valence-corrected chi connectivity index (χ2v) is 6.04. The summed E-state index contributed by atoms with van der Waals surface area (Å²) in [5, 5.41) is 0. The van der Waals surface area contributed by atoms with Gasteiger partial charge < -0.3 is 9.47 Å². The van der Waals surface area contributed by atoms with E-state index in [1.54, 1.807) is 6.07 Å². The van der Waals surface area contributed by atoms with Crippen molar-refractivity contribution in [1.82, 2.24) is 0 Å². The molecule has 1 aromatic rings. The van der Waals surface area contributed by atoms with Crippen LogP contribution in [0.1, 0.15) is 38.2 Å². The van der Waals surface area contributed by atoms with Gasteiger partial charge in [-0.3, -0.25) is 9.59 Å². The molecular weight excluding hydrogens is 327 g/mol. The van der Waals surface area contributed by atoms with Gasteiger partial charge in [-0.25, -0.2) is 0 Å². The Hall–Kier alpha value is -1.26. The second-order valence-electron chi connectivity index (χ2n) is 4.76. The lowest BCUT2D eigenvalue weighted by Crippen LogP contribution is -2.12. The molecule has 0 unspecified atom stereocenters. The Balaban J connectivity index is 2.33. The minimum absolute atomic E-state index is 0.0449. The number of esters is 2. The fourth-order valence-electron chi connectivity index (χ4n) is 1.86. The highest BCUT2D eigenvalue weighted by molar-refractivity contribution is 6.44. The van der Waals surface area contributed by atoms with Crippen molar-refractivity contribution in [2.75, 3.05) is 6.61 Å². The summed E-state index contributed by atoms with van der Waals surface area (Å²) < 4.78 is 10.1. The number of ether oxygens (including phenoxy) is 2. The zero-order valence-corrected chi connectivity index (χ0v) is 14.0. The van der Waals surface area contributed by atoms with Gasteiger partial charge >= 0.3 is 11.9 Å². The van der Waals surface area contributed by atoms with Gasteiger partial charge in [-0.2, -0.15) is 0 Å².